The smallest absolute Gasteiger partial charge is 0.253 e. The van der Waals surface area contributed by atoms with Crippen LogP contribution in [0.3, 0.4) is 0 Å². The van der Waals surface area contributed by atoms with E-state index in [1.807, 2.05) is 13.8 Å². The number of pyridine rings is 1. The Labute approximate surface area is 179 Å². The Balaban J connectivity index is 1.51. The monoisotopic (exact) mass is 428 g/mol. The van der Waals surface area contributed by atoms with Gasteiger partial charge in [-0.2, -0.15) is 5.10 Å². The van der Waals surface area contributed by atoms with Crippen LogP contribution in [0.1, 0.15) is 55.6 Å². The second-order valence-electron chi connectivity index (χ2n) is 8.86. The summed E-state index contributed by atoms with van der Waals surface area (Å²) in [5.41, 5.74) is 0.421. The lowest BCUT2D eigenvalue weighted by Gasteiger charge is -2.36. The van der Waals surface area contributed by atoms with Crippen LogP contribution in [0.2, 0.25) is 0 Å². The summed E-state index contributed by atoms with van der Waals surface area (Å²) in [4.78, 5) is 16.7. The van der Waals surface area contributed by atoms with E-state index in [0.29, 0.717) is 16.6 Å². The molecule has 2 N–H and O–H groups in total. The normalized spacial score (nSPS) is 19.5. The van der Waals surface area contributed by atoms with Crippen LogP contribution in [-0.4, -0.2) is 37.4 Å². The fourth-order valence-electron chi connectivity index (χ4n) is 4.33. The number of halogens is 2. The first-order valence-electron chi connectivity index (χ1n) is 10.5. The van der Waals surface area contributed by atoms with E-state index in [2.05, 4.69) is 15.4 Å². The number of amides is 1. The molecule has 6 nitrogen and oxygen atoms in total. The first kappa shape index (κ1) is 21.4. The SMILES string of the molecule is Cc1nn(-c2ncc(C(=O)NC3CCC(C(C)(C)O)CC3)cc2F)c2cc(F)ccc12. The molecule has 8 heteroatoms. The molecule has 0 bridgehead atoms. The second-order valence-corrected chi connectivity index (χ2v) is 8.86. The maximum Gasteiger partial charge on any atom is 0.253 e. The summed E-state index contributed by atoms with van der Waals surface area (Å²) in [5.74, 6) is -1.45. The highest BCUT2D eigenvalue weighted by Gasteiger charge is 2.32. The van der Waals surface area contributed by atoms with Crippen molar-refractivity contribution in [1.82, 2.24) is 20.1 Å². The van der Waals surface area contributed by atoms with E-state index in [1.165, 1.54) is 23.0 Å². The summed E-state index contributed by atoms with van der Waals surface area (Å²) in [6.45, 7) is 5.37. The van der Waals surface area contributed by atoms with Crippen molar-refractivity contribution < 1.29 is 18.7 Å². The molecular formula is C23H26F2N4O2. The van der Waals surface area contributed by atoms with E-state index in [9.17, 15) is 18.7 Å². The summed E-state index contributed by atoms with van der Waals surface area (Å²) >= 11 is 0. The molecule has 1 fully saturated rings. The fourth-order valence-corrected chi connectivity index (χ4v) is 4.33. The molecule has 164 valence electrons. The maximum absolute atomic E-state index is 14.9. The largest absolute Gasteiger partial charge is 0.390 e. The van der Waals surface area contributed by atoms with Gasteiger partial charge in [-0.3, -0.25) is 4.79 Å². The third kappa shape index (κ3) is 4.30. The van der Waals surface area contributed by atoms with E-state index in [1.54, 1.807) is 13.0 Å². The standard InChI is InChI=1S/C23H26F2N4O2/c1-13-18-9-6-16(24)11-20(18)29(28-13)21-19(25)10-14(12-26-21)22(30)27-17-7-4-15(5-8-17)23(2,3)31/h6,9-12,15,17,31H,4-5,7-8H2,1-3H3,(H,27,30). The molecule has 1 saturated carbocycles. The van der Waals surface area contributed by atoms with Gasteiger partial charge in [-0.1, -0.05) is 0 Å². The number of rotatable bonds is 4. The quantitative estimate of drug-likeness (QED) is 0.657. The van der Waals surface area contributed by atoms with E-state index in [0.717, 1.165) is 31.7 Å². The van der Waals surface area contributed by atoms with Crippen LogP contribution >= 0.6 is 0 Å². The van der Waals surface area contributed by atoms with Crippen LogP contribution in [0.5, 0.6) is 0 Å². The number of fused-ring (bicyclic) bond motifs is 1. The zero-order valence-electron chi connectivity index (χ0n) is 17.8. The van der Waals surface area contributed by atoms with Gasteiger partial charge >= 0.3 is 0 Å². The lowest BCUT2D eigenvalue weighted by Crippen LogP contribution is -2.41. The van der Waals surface area contributed by atoms with Crippen LogP contribution in [-0.2, 0) is 0 Å². The Morgan fingerprint density at radius 2 is 1.90 bits per heavy atom. The maximum atomic E-state index is 14.9. The van der Waals surface area contributed by atoms with Gasteiger partial charge in [-0.25, -0.2) is 18.4 Å². The zero-order chi connectivity index (χ0) is 22.3. The molecule has 0 spiro atoms. The Morgan fingerprint density at radius 1 is 1.19 bits per heavy atom. The number of aliphatic hydroxyl groups is 1. The number of nitrogens with zero attached hydrogens (tertiary/aromatic N) is 3. The van der Waals surface area contributed by atoms with E-state index in [4.69, 9.17) is 0 Å². The van der Waals surface area contributed by atoms with Crippen molar-refractivity contribution in [3.8, 4) is 5.82 Å². The second kappa shape index (κ2) is 8.00. The van der Waals surface area contributed by atoms with Crippen molar-refractivity contribution in [1.29, 1.82) is 0 Å². The number of aryl methyl sites for hydroxylation is 1. The van der Waals surface area contributed by atoms with Gasteiger partial charge in [0.2, 0.25) is 0 Å². The molecule has 2 aromatic heterocycles. The lowest BCUT2D eigenvalue weighted by atomic mass is 9.77. The number of carbonyl (C=O) groups is 1. The highest BCUT2D eigenvalue weighted by Crippen LogP contribution is 2.32. The average Bonchev–Trinajstić information content (AvgIpc) is 3.03. The Hall–Kier alpha value is -2.87. The first-order chi connectivity index (χ1) is 14.6. The van der Waals surface area contributed by atoms with Gasteiger partial charge in [0.15, 0.2) is 11.6 Å². The number of nitrogens with one attached hydrogen (secondary N) is 1. The number of hydrogen-bond acceptors (Lipinski definition) is 4. The molecule has 4 rings (SSSR count). The summed E-state index contributed by atoms with van der Waals surface area (Å²) in [6, 6.07) is 5.31. The molecule has 0 aliphatic heterocycles. The molecule has 3 aromatic rings. The molecule has 2 heterocycles. The molecule has 0 atom stereocenters. The molecule has 1 amide bonds. The minimum Gasteiger partial charge on any atom is -0.390 e. The summed E-state index contributed by atoms with van der Waals surface area (Å²) < 4.78 is 29.8. The summed E-state index contributed by atoms with van der Waals surface area (Å²) in [5, 5.41) is 18.1. The molecule has 0 unspecified atom stereocenters. The third-order valence-electron chi connectivity index (χ3n) is 6.17. The number of aromatic nitrogens is 3. The average molecular weight is 428 g/mol. The van der Waals surface area contributed by atoms with Crippen LogP contribution in [0.25, 0.3) is 16.7 Å². The highest BCUT2D eigenvalue weighted by atomic mass is 19.1. The number of hydrogen-bond donors (Lipinski definition) is 2. The lowest BCUT2D eigenvalue weighted by molar-refractivity contribution is -0.00257. The van der Waals surface area contributed by atoms with Gasteiger partial charge in [0.1, 0.15) is 5.82 Å². The van der Waals surface area contributed by atoms with Crippen molar-refractivity contribution in [2.45, 2.75) is 58.1 Å². The van der Waals surface area contributed by atoms with Crippen LogP contribution in [0.15, 0.2) is 30.5 Å². The van der Waals surface area contributed by atoms with Gasteiger partial charge in [0, 0.05) is 23.7 Å². The first-order valence-corrected chi connectivity index (χ1v) is 10.5. The van der Waals surface area contributed by atoms with Crippen LogP contribution in [0, 0.1) is 24.5 Å². The fraction of sp³-hybridized carbons (Fsp3) is 0.435. The van der Waals surface area contributed by atoms with Gasteiger partial charge in [0.25, 0.3) is 5.91 Å². The molecular weight excluding hydrogens is 402 g/mol. The van der Waals surface area contributed by atoms with Crippen molar-refractivity contribution in [3.63, 3.8) is 0 Å². The molecule has 0 radical (unpaired) electrons. The third-order valence-corrected chi connectivity index (χ3v) is 6.17. The van der Waals surface area contributed by atoms with Crippen molar-refractivity contribution >= 4 is 16.8 Å². The highest BCUT2D eigenvalue weighted by molar-refractivity contribution is 5.94. The van der Waals surface area contributed by atoms with Gasteiger partial charge in [0.05, 0.1) is 22.4 Å². The summed E-state index contributed by atoms with van der Waals surface area (Å²) in [6.07, 6.45) is 4.47. The zero-order valence-corrected chi connectivity index (χ0v) is 17.8. The minimum absolute atomic E-state index is 0.0190. The van der Waals surface area contributed by atoms with Crippen molar-refractivity contribution in [2.75, 3.05) is 0 Å². The topological polar surface area (TPSA) is 80.0 Å². The van der Waals surface area contributed by atoms with E-state index < -0.39 is 23.1 Å². The van der Waals surface area contributed by atoms with Crippen molar-refractivity contribution in [3.05, 3.63) is 53.4 Å². The molecule has 1 aliphatic rings. The predicted molar refractivity (Wildman–Crippen MR) is 113 cm³/mol. The van der Waals surface area contributed by atoms with Crippen molar-refractivity contribution in [2.24, 2.45) is 5.92 Å². The Kier molecular flexibility index (Phi) is 5.51. The Bertz CT molecular complexity index is 1130. The molecule has 0 saturated heterocycles. The summed E-state index contributed by atoms with van der Waals surface area (Å²) in [7, 11) is 0. The van der Waals surface area contributed by atoms with Crippen LogP contribution < -0.4 is 5.32 Å². The number of carbonyl (C=O) groups excluding carboxylic acids is 1. The van der Waals surface area contributed by atoms with E-state index in [-0.39, 0.29) is 23.3 Å². The van der Waals surface area contributed by atoms with Gasteiger partial charge in [-0.15, -0.1) is 0 Å². The van der Waals surface area contributed by atoms with Crippen LogP contribution in [0.4, 0.5) is 8.78 Å². The van der Waals surface area contributed by atoms with Gasteiger partial charge < -0.3 is 10.4 Å². The Morgan fingerprint density at radius 3 is 2.55 bits per heavy atom. The minimum atomic E-state index is -0.726. The van der Waals surface area contributed by atoms with Gasteiger partial charge in [-0.05, 0) is 70.6 Å². The van der Waals surface area contributed by atoms with E-state index >= 15 is 0 Å². The molecule has 31 heavy (non-hydrogen) atoms. The number of benzene rings is 1. The predicted octanol–water partition coefficient (Wildman–Crippen LogP) is 4.07. The molecule has 1 aliphatic carbocycles. The molecule has 1 aromatic carbocycles.